The van der Waals surface area contributed by atoms with Crippen LogP contribution in [0.15, 0.2) is 53.5 Å². The average Bonchev–Trinajstić information content (AvgIpc) is 2.67. The number of aromatic nitrogens is 1. The van der Waals surface area contributed by atoms with Crippen molar-refractivity contribution in [2.75, 3.05) is 13.1 Å². The number of hydrogen-bond donors (Lipinski definition) is 2. The molecule has 2 fully saturated rings. The average molecular weight is 365 g/mol. The fraction of sp³-hybridized carbons (Fsp3) is 0.455. The Hall–Kier alpha value is -2.40. The normalized spacial score (nSPS) is 24.8. The highest BCUT2D eigenvalue weighted by Crippen LogP contribution is 2.36. The zero-order valence-electron chi connectivity index (χ0n) is 15.6. The molecule has 1 saturated heterocycles. The molecule has 1 aromatic heterocycles. The Kier molecular flexibility index (Phi) is 5.39. The minimum absolute atomic E-state index is 0.0371. The summed E-state index contributed by atoms with van der Waals surface area (Å²) >= 11 is 0. The van der Waals surface area contributed by atoms with Crippen molar-refractivity contribution in [3.05, 3.63) is 70.1 Å². The van der Waals surface area contributed by atoms with Crippen LogP contribution in [0.2, 0.25) is 0 Å². The van der Waals surface area contributed by atoms with Gasteiger partial charge < -0.3 is 15.2 Å². The number of hydrogen-bond acceptors (Lipinski definition) is 3. The molecule has 0 radical (unpaired) electrons. The number of nitrogens with one attached hydrogen (secondary N) is 2. The van der Waals surface area contributed by atoms with Gasteiger partial charge in [0.15, 0.2) is 0 Å². The van der Waals surface area contributed by atoms with Gasteiger partial charge in [0.2, 0.25) is 0 Å². The Bertz CT molecular complexity index is 834. The van der Waals surface area contributed by atoms with Crippen molar-refractivity contribution in [3.8, 4) is 0 Å². The van der Waals surface area contributed by atoms with E-state index in [-0.39, 0.29) is 17.5 Å². The van der Waals surface area contributed by atoms with Gasteiger partial charge in [0.05, 0.1) is 5.56 Å². The van der Waals surface area contributed by atoms with Gasteiger partial charge in [0.1, 0.15) is 0 Å². The summed E-state index contributed by atoms with van der Waals surface area (Å²) in [5.41, 5.74) is 1.88. The monoisotopic (exact) mass is 365 g/mol. The highest BCUT2D eigenvalue weighted by atomic mass is 16.2. The quantitative estimate of drug-likeness (QED) is 0.856. The van der Waals surface area contributed by atoms with Gasteiger partial charge in [0.25, 0.3) is 11.5 Å². The molecule has 4 rings (SSSR count). The van der Waals surface area contributed by atoms with Gasteiger partial charge in [-0.1, -0.05) is 30.3 Å². The molecular weight excluding hydrogens is 338 g/mol. The second-order valence-corrected chi connectivity index (χ2v) is 7.87. The number of benzene rings is 1. The minimum Gasteiger partial charge on any atom is -0.349 e. The van der Waals surface area contributed by atoms with E-state index < -0.39 is 0 Å². The zero-order valence-corrected chi connectivity index (χ0v) is 15.6. The number of carbonyl (C=O) groups is 1. The fourth-order valence-electron chi connectivity index (χ4n) is 4.17. The summed E-state index contributed by atoms with van der Waals surface area (Å²) in [5, 5.41) is 6.49. The Labute approximate surface area is 159 Å². The molecule has 0 bridgehead atoms. The largest absolute Gasteiger partial charge is 0.349 e. The van der Waals surface area contributed by atoms with Crippen molar-refractivity contribution in [3.63, 3.8) is 0 Å². The van der Waals surface area contributed by atoms with Crippen LogP contribution in [0.3, 0.4) is 0 Å². The van der Waals surface area contributed by atoms with Crippen LogP contribution >= 0.6 is 0 Å². The molecule has 1 atom stereocenters. The van der Waals surface area contributed by atoms with Crippen LogP contribution in [0.25, 0.3) is 0 Å². The summed E-state index contributed by atoms with van der Waals surface area (Å²) in [4.78, 5) is 24.8. The summed E-state index contributed by atoms with van der Waals surface area (Å²) in [7, 11) is 0. The maximum absolute atomic E-state index is 12.6. The van der Waals surface area contributed by atoms with E-state index >= 15 is 0 Å². The lowest BCUT2D eigenvalue weighted by molar-refractivity contribution is 0.0908. The Balaban J connectivity index is 1.35. The van der Waals surface area contributed by atoms with E-state index in [1.807, 2.05) is 6.07 Å². The smallest absolute Gasteiger partial charge is 0.252 e. The molecule has 5 heteroatoms. The molecule has 2 heterocycles. The van der Waals surface area contributed by atoms with Gasteiger partial charge in [-0.25, -0.2) is 0 Å². The first-order chi connectivity index (χ1) is 13.2. The molecule has 27 heavy (non-hydrogen) atoms. The van der Waals surface area contributed by atoms with E-state index in [1.165, 1.54) is 11.6 Å². The van der Waals surface area contributed by atoms with Crippen LogP contribution in [0, 0.1) is 5.92 Å². The first-order valence-corrected chi connectivity index (χ1v) is 9.96. The van der Waals surface area contributed by atoms with Gasteiger partial charge in [0, 0.05) is 24.8 Å². The van der Waals surface area contributed by atoms with Crippen molar-refractivity contribution in [1.29, 1.82) is 0 Å². The van der Waals surface area contributed by atoms with Crippen LogP contribution < -0.4 is 16.2 Å². The van der Waals surface area contributed by atoms with Crippen LogP contribution in [0.4, 0.5) is 0 Å². The maximum atomic E-state index is 12.6. The van der Waals surface area contributed by atoms with Gasteiger partial charge >= 0.3 is 0 Å². The summed E-state index contributed by atoms with van der Waals surface area (Å²) in [6.45, 7) is 2.66. The molecule has 2 aromatic rings. The SMILES string of the molecule is O=C(NC1CC(c2ccccc2)C1)c1ccc(=O)n(C[C@@H]2CCCNC2)c1. The molecule has 1 aliphatic carbocycles. The standard InChI is InChI=1S/C22H27N3O2/c26-21-9-8-18(15-25(21)14-16-5-4-10-23-13-16)22(27)24-20-11-19(12-20)17-6-2-1-3-7-17/h1-3,6-9,15-16,19-20,23H,4-5,10-14H2,(H,24,27)/t16-,19?,20?/m1/s1. The molecule has 142 valence electrons. The molecule has 1 aliphatic heterocycles. The lowest BCUT2D eigenvalue weighted by Gasteiger charge is -2.36. The highest BCUT2D eigenvalue weighted by Gasteiger charge is 2.31. The number of pyridine rings is 1. The molecule has 0 spiro atoms. The predicted octanol–water partition coefficient (Wildman–Crippen LogP) is 2.52. The van der Waals surface area contributed by atoms with Crippen LogP contribution in [0.1, 0.15) is 47.5 Å². The van der Waals surface area contributed by atoms with Crippen molar-refractivity contribution >= 4 is 5.91 Å². The van der Waals surface area contributed by atoms with E-state index in [9.17, 15) is 9.59 Å². The molecule has 2 aliphatic rings. The maximum Gasteiger partial charge on any atom is 0.252 e. The van der Waals surface area contributed by atoms with Crippen molar-refractivity contribution in [2.24, 2.45) is 5.92 Å². The van der Waals surface area contributed by atoms with Crippen LogP contribution in [-0.2, 0) is 6.54 Å². The molecular formula is C22H27N3O2. The Morgan fingerprint density at radius 1 is 1.15 bits per heavy atom. The molecule has 1 saturated carbocycles. The van der Waals surface area contributed by atoms with E-state index in [0.29, 0.717) is 23.9 Å². The summed E-state index contributed by atoms with van der Waals surface area (Å²) < 4.78 is 1.69. The second-order valence-electron chi connectivity index (χ2n) is 7.87. The lowest BCUT2D eigenvalue weighted by atomic mass is 9.76. The summed E-state index contributed by atoms with van der Waals surface area (Å²) in [6.07, 6.45) is 5.94. The summed E-state index contributed by atoms with van der Waals surface area (Å²) in [5.74, 6) is 0.902. The lowest BCUT2D eigenvalue weighted by Crippen LogP contribution is -2.43. The number of rotatable bonds is 5. The van der Waals surface area contributed by atoms with E-state index in [1.54, 1.807) is 16.8 Å². The molecule has 5 nitrogen and oxygen atoms in total. The minimum atomic E-state index is -0.0815. The van der Waals surface area contributed by atoms with E-state index in [0.717, 1.165) is 38.8 Å². The second kappa shape index (κ2) is 8.09. The third-order valence-corrected chi connectivity index (χ3v) is 5.84. The fourth-order valence-corrected chi connectivity index (χ4v) is 4.17. The first-order valence-electron chi connectivity index (χ1n) is 9.96. The van der Waals surface area contributed by atoms with E-state index in [4.69, 9.17) is 0 Å². The number of carbonyl (C=O) groups excluding carboxylic acids is 1. The third-order valence-electron chi connectivity index (χ3n) is 5.84. The highest BCUT2D eigenvalue weighted by molar-refractivity contribution is 5.94. The predicted molar refractivity (Wildman–Crippen MR) is 106 cm³/mol. The zero-order chi connectivity index (χ0) is 18.6. The topological polar surface area (TPSA) is 63.1 Å². The molecule has 0 unspecified atom stereocenters. The van der Waals surface area contributed by atoms with Gasteiger partial charge in [-0.05, 0) is 62.2 Å². The number of amides is 1. The Morgan fingerprint density at radius 2 is 1.96 bits per heavy atom. The van der Waals surface area contributed by atoms with Gasteiger partial charge in [-0.3, -0.25) is 9.59 Å². The summed E-state index contributed by atoms with van der Waals surface area (Å²) in [6, 6.07) is 13.8. The first kappa shape index (κ1) is 18.0. The van der Waals surface area contributed by atoms with Crippen molar-refractivity contribution < 1.29 is 4.79 Å². The van der Waals surface area contributed by atoms with Crippen LogP contribution in [-0.4, -0.2) is 29.6 Å². The third kappa shape index (κ3) is 4.30. The van der Waals surface area contributed by atoms with E-state index in [2.05, 4.69) is 34.9 Å². The van der Waals surface area contributed by atoms with Crippen molar-refractivity contribution in [2.45, 2.75) is 44.2 Å². The van der Waals surface area contributed by atoms with Gasteiger partial charge in [-0.15, -0.1) is 0 Å². The number of nitrogens with zero attached hydrogens (tertiary/aromatic N) is 1. The van der Waals surface area contributed by atoms with Crippen LogP contribution in [0.5, 0.6) is 0 Å². The number of piperidine rings is 1. The molecule has 2 N–H and O–H groups in total. The molecule has 1 aromatic carbocycles. The molecule has 1 amide bonds. The van der Waals surface area contributed by atoms with Gasteiger partial charge in [-0.2, -0.15) is 0 Å². The Morgan fingerprint density at radius 3 is 2.70 bits per heavy atom. The van der Waals surface area contributed by atoms with Crippen molar-refractivity contribution in [1.82, 2.24) is 15.2 Å².